The number of carbonyl (C=O) groups is 2. The number of piperidine rings is 1. The van der Waals surface area contributed by atoms with Crippen LogP contribution >= 0.6 is 0 Å². The summed E-state index contributed by atoms with van der Waals surface area (Å²) in [5, 5.41) is 9.06. The van der Waals surface area contributed by atoms with E-state index in [2.05, 4.69) is 16.0 Å². The summed E-state index contributed by atoms with van der Waals surface area (Å²) < 4.78 is 27.0. The van der Waals surface area contributed by atoms with Crippen LogP contribution in [0.4, 0.5) is 14.5 Å². The van der Waals surface area contributed by atoms with Crippen LogP contribution in [0.2, 0.25) is 0 Å². The minimum atomic E-state index is -0.890. The second kappa shape index (κ2) is 7.67. The van der Waals surface area contributed by atoms with Crippen LogP contribution in [0.5, 0.6) is 0 Å². The average molecular weight is 385 g/mol. The first kappa shape index (κ1) is 18.6. The molecule has 3 N–H and O–H groups in total. The average Bonchev–Trinajstić information content (AvgIpc) is 2.70. The molecule has 2 heterocycles. The number of hydrogen-bond acceptors (Lipinski definition) is 3. The van der Waals surface area contributed by atoms with Gasteiger partial charge in [0.25, 0.3) is 0 Å². The third-order valence-corrected chi connectivity index (χ3v) is 5.50. The van der Waals surface area contributed by atoms with E-state index in [0.29, 0.717) is 24.2 Å². The molecule has 1 fully saturated rings. The molecular weight excluding hydrogens is 364 g/mol. The van der Waals surface area contributed by atoms with Crippen molar-refractivity contribution in [3.05, 3.63) is 65.2 Å². The number of amides is 2. The van der Waals surface area contributed by atoms with Crippen molar-refractivity contribution in [3.8, 4) is 0 Å². The number of nitrogens with one attached hydrogen (secondary N) is 3. The zero-order chi connectivity index (χ0) is 19.7. The van der Waals surface area contributed by atoms with Gasteiger partial charge in [-0.2, -0.15) is 0 Å². The third-order valence-electron chi connectivity index (χ3n) is 5.50. The van der Waals surface area contributed by atoms with Crippen molar-refractivity contribution in [1.82, 2.24) is 10.6 Å². The first-order valence-corrected chi connectivity index (χ1v) is 9.38. The molecule has 2 amide bonds. The molecule has 146 valence electrons. The predicted octanol–water partition coefficient (Wildman–Crippen LogP) is 2.65. The van der Waals surface area contributed by atoms with Crippen molar-refractivity contribution in [2.45, 2.75) is 30.7 Å². The van der Waals surface area contributed by atoms with Crippen LogP contribution in [0.25, 0.3) is 0 Å². The van der Waals surface area contributed by atoms with Gasteiger partial charge in [0.15, 0.2) is 11.6 Å². The molecule has 2 aromatic rings. The summed E-state index contributed by atoms with van der Waals surface area (Å²) in [5.41, 5.74) is 2.10. The highest BCUT2D eigenvalue weighted by molar-refractivity contribution is 6.01. The fourth-order valence-electron chi connectivity index (χ4n) is 4.08. The Balaban J connectivity index is 1.56. The van der Waals surface area contributed by atoms with Gasteiger partial charge in [-0.05, 0) is 42.3 Å². The number of anilines is 1. The highest BCUT2D eigenvalue weighted by Crippen LogP contribution is 2.33. The minimum absolute atomic E-state index is 0.0822. The predicted molar refractivity (Wildman–Crippen MR) is 101 cm³/mol. The maximum atomic E-state index is 13.7. The molecule has 7 heteroatoms. The Morgan fingerprint density at radius 3 is 2.75 bits per heavy atom. The van der Waals surface area contributed by atoms with E-state index >= 15 is 0 Å². The highest BCUT2D eigenvalue weighted by atomic mass is 19.2. The zero-order valence-electron chi connectivity index (χ0n) is 15.2. The maximum absolute atomic E-state index is 13.7. The zero-order valence-corrected chi connectivity index (χ0v) is 15.2. The Kier molecular flexibility index (Phi) is 5.09. The molecule has 0 saturated carbocycles. The summed E-state index contributed by atoms with van der Waals surface area (Å²) in [6, 6.07) is 10.9. The Bertz CT molecular complexity index is 918. The van der Waals surface area contributed by atoms with Gasteiger partial charge in [0.2, 0.25) is 11.8 Å². The lowest BCUT2D eigenvalue weighted by Gasteiger charge is -2.35. The molecule has 0 radical (unpaired) electrons. The number of rotatable bonds is 3. The first-order chi connectivity index (χ1) is 13.5. The molecule has 0 aliphatic carbocycles. The van der Waals surface area contributed by atoms with E-state index < -0.39 is 17.6 Å². The van der Waals surface area contributed by atoms with Gasteiger partial charge in [-0.25, -0.2) is 8.78 Å². The lowest BCUT2D eigenvalue weighted by molar-refractivity contribution is -0.127. The summed E-state index contributed by atoms with van der Waals surface area (Å²) in [7, 11) is 0. The molecule has 0 spiro atoms. The topological polar surface area (TPSA) is 70.2 Å². The number of benzene rings is 2. The van der Waals surface area contributed by atoms with Crippen LogP contribution in [0.1, 0.15) is 35.8 Å². The van der Waals surface area contributed by atoms with Crippen molar-refractivity contribution in [3.63, 3.8) is 0 Å². The lowest BCUT2D eigenvalue weighted by Crippen LogP contribution is -2.51. The van der Waals surface area contributed by atoms with E-state index in [4.69, 9.17) is 0 Å². The number of carbonyl (C=O) groups excluding carboxylic acids is 2. The van der Waals surface area contributed by atoms with E-state index in [1.54, 1.807) is 12.1 Å². The van der Waals surface area contributed by atoms with E-state index in [1.165, 1.54) is 6.07 Å². The molecule has 0 aromatic heterocycles. The maximum Gasteiger partial charge on any atom is 0.228 e. The van der Waals surface area contributed by atoms with Gasteiger partial charge in [-0.1, -0.05) is 24.3 Å². The summed E-state index contributed by atoms with van der Waals surface area (Å²) >= 11 is 0. The SMILES string of the molecule is O=C1CC(C(=O)NC2CNCCC2c2ccc(F)c(F)c2)c2ccccc2N1. The van der Waals surface area contributed by atoms with Crippen LogP contribution in [-0.4, -0.2) is 30.9 Å². The van der Waals surface area contributed by atoms with Crippen LogP contribution in [-0.2, 0) is 9.59 Å². The Morgan fingerprint density at radius 1 is 1.11 bits per heavy atom. The van der Waals surface area contributed by atoms with Crippen LogP contribution in [0, 0.1) is 11.6 Å². The number of hydrogen-bond donors (Lipinski definition) is 3. The smallest absolute Gasteiger partial charge is 0.228 e. The Hall–Kier alpha value is -2.80. The van der Waals surface area contributed by atoms with Crippen molar-refractivity contribution < 1.29 is 18.4 Å². The molecule has 0 bridgehead atoms. The summed E-state index contributed by atoms with van der Waals surface area (Å²) in [5.74, 6) is -2.91. The minimum Gasteiger partial charge on any atom is -0.351 e. The van der Waals surface area contributed by atoms with E-state index in [0.717, 1.165) is 18.2 Å². The molecule has 28 heavy (non-hydrogen) atoms. The molecule has 3 unspecified atom stereocenters. The van der Waals surface area contributed by atoms with E-state index in [1.807, 2.05) is 18.2 Å². The van der Waals surface area contributed by atoms with Crippen LogP contribution in [0.15, 0.2) is 42.5 Å². The van der Waals surface area contributed by atoms with Crippen molar-refractivity contribution in [1.29, 1.82) is 0 Å². The molecule has 1 saturated heterocycles. The van der Waals surface area contributed by atoms with Gasteiger partial charge in [0.1, 0.15) is 0 Å². The van der Waals surface area contributed by atoms with Gasteiger partial charge in [0, 0.05) is 30.6 Å². The van der Waals surface area contributed by atoms with Crippen LogP contribution < -0.4 is 16.0 Å². The molecular formula is C21H21F2N3O2. The second-order valence-corrected chi connectivity index (χ2v) is 7.28. The highest BCUT2D eigenvalue weighted by Gasteiger charge is 2.34. The normalized spacial score (nSPS) is 24.2. The molecule has 2 aliphatic rings. The molecule has 2 aromatic carbocycles. The van der Waals surface area contributed by atoms with Gasteiger partial charge < -0.3 is 16.0 Å². The first-order valence-electron chi connectivity index (χ1n) is 9.38. The Morgan fingerprint density at radius 2 is 1.93 bits per heavy atom. The third kappa shape index (κ3) is 3.62. The summed E-state index contributed by atoms with van der Waals surface area (Å²) in [6.07, 6.45) is 0.774. The van der Waals surface area contributed by atoms with Gasteiger partial charge in [0.05, 0.1) is 5.92 Å². The van der Waals surface area contributed by atoms with Gasteiger partial charge in [-0.3, -0.25) is 9.59 Å². The van der Waals surface area contributed by atoms with Crippen molar-refractivity contribution in [2.75, 3.05) is 18.4 Å². The van der Waals surface area contributed by atoms with E-state index in [9.17, 15) is 18.4 Å². The molecule has 2 aliphatic heterocycles. The summed E-state index contributed by atoms with van der Waals surface area (Å²) in [4.78, 5) is 25.0. The van der Waals surface area contributed by atoms with Gasteiger partial charge in [-0.15, -0.1) is 0 Å². The molecule has 3 atom stereocenters. The number of halogens is 2. The van der Waals surface area contributed by atoms with Crippen molar-refractivity contribution >= 4 is 17.5 Å². The van der Waals surface area contributed by atoms with Crippen molar-refractivity contribution in [2.24, 2.45) is 0 Å². The van der Waals surface area contributed by atoms with E-state index in [-0.39, 0.29) is 30.2 Å². The lowest BCUT2D eigenvalue weighted by atomic mass is 9.84. The monoisotopic (exact) mass is 385 g/mol. The van der Waals surface area contributed by atoms with Crippen LogP contribution in [0.3, 0.4) is 0 Å². The molecule has 5 nitrogen and oxygen atoms in total. The molecule has 4 rings (SSSR count). The largest absolute Gasteiger partial charge is 0.351 e. The number of para-hydroxylation sites is 1. The summed E-state index contributed by atoms with van der Waals surface area (Å²) in [6.45, 7) is 1.25. The fraction of sp³-hybridized carbons (Fsp3) is 0.333. The standard InChI is InChI=1S/C21H21F2N3O2/c22-16-6-5-12(9-17(16)23)13-7-8-24-11-19(13)26-21(28)15-10-20(27)25-18-4-2-1-3-14(15)18/h1-6,9,13,15,19,24H,7-8,10-11H2,(H,25,27)(H,26,28). The fourth-order valence-corrected chi connectivity index (χ4v) is 4.08. The Labute approximate surface area is 161 Å². The van der Waals surface area contributed by atoms with Gasteiger partial charge >= 0.3 is 0 Å². The quantitative estimate of drug-likeness (QED) is 0.761. The number of fused-ring (bicyclic) bond motifs is 1. The second-order valence-electron chi connectivity index (χ2n) is 7.28.